The number of hydrogen-bond acceptors (Lipinski definition) is 7. The number of nitrogens with zero attached hydrogens (tertiary/aromatic N) is 4. The van der Waals surface area contributed by atoms with Crippen LogP contribution in [0.2, 0.25) is 5.02 Å². The monoisotopic (exact) mass is 437 g/mol. The van der Waals surface area contributed by atoms with Gasteiger partial charge in [0.1, 0.15) is 11.6 Å². The molecule has 3 aromatic rings. The van der Waals surface area contributed by atoms with Crippen LogP contribution in [0.25, 0.3) is 0 Å². The minimum atomic E-state index is -4.99. The third-order valence-corrected chi connectivity index (χ3v) is 3.89. The highest BCUT2D eigenvalue weighted by molar-refractivity contribution is 6.30. The second kappa shape index (κ2) is 8.38. The van der Waals surface area contributed by atoms with Crippen LogP contribution in [-0.4, -0.2) is 27.3 Å². The molecule has 1 N–H and O–H groups in total. The van der Waals surface area contributed by atoms with E-state index in [1.807, 2.05) is 0 Å². The van der Waals surface area contributed by atoms with Crippen LogP contribution < -0.4 is 15.0 Å². The van der Waals surface area contributed by atoms with Crippen LogP contribution >= 0.6 is 11.6 Å². The molecule has 0 aliphatic rings. The first-order valence-corrected chi connectivity index (χ1v) is 8.53. The lowest BCUT2D eigenvalue weighted by Crippen LogP contribution is -2.22. The summed E-state index contributed by atoms with van der Waals surface area (Å²) in [6, 6.07) is 8.33. The molecule has 154 valence electrons. The molecule has 0 fully saturated rings. The van der Waals surface area contributed by atoms with Crippen LogP contribution in [0.1, 0.15) is 22.8 Å². The smallest absolute Gasteiger partial charge is 0.437 e. The normalized spacial score (nSPS) is 11.1. The molecule has 3 rings (SSSR count). The van der Waals surface area contributed by atoms with E-state index >= 15 is 0 Å². The maximum atomic E-state index is 13.6. The Bertz CT molecular complexity index is 1170. The predicted molar refractivity (Wildman–Crippen MR) is 97.5 cm³/mol. The molecular formula is C18H11ClF3N5O3. The summed E-state index contributed by atoms with van der Waals surface area (Å²) in [6.07, 6.45) is -5.20. The van der Waals surface area contributed by atoms with E-state index in [-0.39, 0.29) is 40.2 Å². The van der Waals surface area contributed by atoms with Crippen molar-refractivity contribution in [3.63, 3.8) is 0 Å². The highest BCUT2D eigenvalue weighted by Crippen LogP contribution is 2.35. The van der Waals surface area contributed by atoms with Crippen LogP contribution in [0.15, 0.2) is 35.1 Å². The number of nitriles is 1. The molecule has 0 saturated carbocycles. The number of aromatic nitrogens is 4. The fourth-order valence-corrected chi connectivity index (χ4v) is 2.63. The van der Waals surface area contributed by atoms with E-state index in [2.05, 4.69) is 20.2 Å². The molecule has 0 spiro atoms. The predicted octanol–water partition coefficient (Wildman–Crippen LogP) is 3.50. The molecule has 0 saturated heterocycles. The first-order valence-electron chi connectivity index (χ1n) is 8.15. The summed E-state index contributed by atoms with van der Waals surface area (Å²) >= 11 is 5.82. The van der Waals surface area contributed by atoms with Gasteiger partial charge in [0.2, 0.25) is 11.6 Å². The molecule has 0 bridgehead atoms. The molecular weight excluding hydrogens is 427 g/mol. The van der Waals surface area contributed by atoms with Crippen LogP contribution in [0.4, 0.5) is 13.2 Å². The summed E-state index contributed by atoms with van der Waals surface area (Å²) < 4.78 is 50.6. The standard InChI is InChI=1S/C18H11ClF3N5O3/c1-29-14-3-2-11(26-27-14)7-13-24-16(18(20,21)22)15(17(28)25-13)30-12-5-9(8-23)4-10(19)6-12/h2-6H,7H2,1H3,(H,24,25,28). The van der Waals surface area contributed by atoms with Gasteiger partial charge in [-0.1, -0.05) is 11.6 Å². The number of benzene rings is 1. The van der Waals surface area contributed by atoms with Gasteiger partial charge in [-0.25, -0.2) is 4.98 Å². The van der Waals surface area contributed by atoms with Crippen molar-refractivity contribution in [1.82, 2.24) is 20.2 Å². The van der Waals surface area contributed by atoms with Gasteiger partial charge in [-0.2, -0.15) is 23.5 Å². The molecule has 0 aliphatic heterocycles. The number of alkyl halides is 3. The van der Waals surface area contributed by atoms with E-state index in [0.717, 1.165) is 6.07 Å². The highest BCUT2D eigenvalue weighted by Gasteiger charge is 2.39. The molecule has 2 aromatic heterocycles. The van der Waals surface area contributed by atoms with Crippen molar-refractivity contribution in [3.8, 4) is 23.4 Å². The number of aromatic amines is 1. The molecule has 2 heterocycles. The number of ether oxygens (including phenoxy) is 2. The number of methoxy groups -OCH3 is 1. The Hall–Kier alpha value is -3.65. The van der Waals surface area contributed by atoms with Crippen molar-refractivity contribution in [1.29, 1.82) is 5.26 Å². The Labute approximate surface area is 171 Å². The van der Waals surface area contributed by atoms with E-state index in [1.165, 1.54) is 31.4 Å². The second-order valence-electron chi connectivity index (χ2n) is 5.82. The molecule has 0 amide bonds. The van der Waals surface area contributed by atoms with Gasteiger partial charge in [0.05, 0.1) is 30.9 Å². The van der Waals surface area contributed by atoms with Gasteiger partial charge >= 0.3 is 6.18 Å². The zero-order chi connectivity index (χ0) is 21.9. The van der Waals surface area contributed by atoms with E-state index in [1.54, 1.807) is 6.07 Å². The van der Waals surface area contributed by atoms with Crippen LogP contribution in [0, 0.1) is 11.3 Å². The maximum absolute atomic E-state index is 13.6. The molecule has 12 heteroatoms. The van der Waals surface area contributed by atoms with Gasteiger partial charge in [0.25, 0.3) is 5.56 Å². The molecule has 8 nitrogen and oxygen atoms in total. The molecule has 0 unspecified atom stereocenters. The fourth-order valence-electron chi connectivity index (χ4n) is 2.41. The largest absolute Gasteiger partial charge is 0.480 e. The van der Waals surface area contributed by atoms with Crippen molar-refractivity contribution in [2.45, 2.75) is 12.6 Å². The van der Waals surface area contributed by atoms with E-state index < -0.39 is 23.2 Å². The third-order valence-electron chi connectivity index (χ3n) is 3.67. The number of rotatable bonds is 5. The molecule has 30 heavy (non-hydrogen) atoms. The Balaban J connectivity index is 2.01. The van der Waals surface area contributed by atoms with Crippen molar-refractivity contribution < 1.29 is 22.6 Å². The Morgan fingerprint density at radius 3 is 2.60 bits per heavy atom. The van der Waals surface area contributed by atoms with Gasteiger partial charge < -0.3 is 14.5 Å². The van der Waals surface area contributed by atoms with Crippen LogP contribution in [-0.2, 0) is 12.6 Å². The summed E-state index contributed by atoms with van der Waals surface area (Å²) in [5.74, 6) is -1.36. The van der Waals surface area contributed by atoms with Gasteiger partial charge in [0.15, 0.2) is 5.69 Å². The average Bonchev–Trinajstić information content (AvgIpc) is 2.69. The minimum Gasteiger partial charge on any atom is -0.480 e. The first kappa shape index (κ1) is 21.1. The summed E-state index contributed by atoms with van der Waals surface area (Å²) in [7, 11) is 1.39. The summed E-state index contributed by atoms with van der Waals surface area (Å²) in [6.45, 7) is 0. The lowest BCUT2D eigenvalue weighted by Gasteiger charge is -2.13. The molecule has 1 aromatic carbocycles. The third kappa shape index (κ3) is 4.84. The zero-order valence-corrected chi connectivity index (χ0v) is 15.9. The summed E-state index contributed by atoms with van der Waals surface area (Å²) in [4.78, 5) is 18.1. The number of hydrogen-bond donors (Lipinski definition) is 1. The van der Waals surface area contributed by atoms with E-state index in [0.29, 0.717) is 0 Å². The highest BCUT2D eigenvalue weighted by atomic mass is 35.5. The maximum Gasteiger partial charge on any atom is 0.437 e. The van der Waals surface area contributed by atoms with Crippen molar-refractivity contribution in [3.05, 3.63) is 68.5 Å². The average molecular weight is 438 g/mol. The number of nitrogens with one attached hydrogen (secondary N) is 1. The van der Waals surface area contributed by atoms with Gasteiger partial charge in [-0.05, 0) is 24.3 Å². The Morgan fingerprint density at radius 2 is 2.00 bits per heavy atom. The number of halogens is 4. The Morgan fingerprint density at radius 1 is 1.23 bits per heavy atom. The SMILES string of the molecule is COc1ccc(Cc2nc(C(F)(F)F)c(Oc3cc(Cl)cc(C#N)c3)c(=O)[nH]2)nn1. The van der Waals surface area contributed by atoms with Gasteiger partial charge in [-0.3, -0.25) is 4.79 Å². The van der Waals surface area contributed by atoms with Crippen molar-refractivity contribution in [2.24, 2.45) is 0 Å². The van der Waals surface area contributed by atoms with E-state index in [9.17, 15) is 18.0 Å². The van der Waals surface area contributed by atoms with Crippen LogP contribution in [0.3, 0.4) is 0 Å². The lowest BCUT2D eigenvalue weighted by molar-refractivity contribution is -0.142. The van der Waals surface area contributed by atoms with Crippen LogP contribution in [0.5, 0.6) is 17.4 Å². The molecule has 0 aliphatic carbocycles. The molecule has 0 atom stereocenters. The van der Waals surface area contributed by atoms with Crippen molar-refractivity contribution in [2.75, 3.05) is 7.11 Å². The quantitative estimate of drug-likeness (QED) is 0.649. The summed E-state index contributed by atoms with van der Waals surface area (Å²) in [5, 5.41) is 16.5. The van der Waals surface area contributed by atoms with E-state index in [4.69, 9.17) is 26.3 Å². The Kier molecular flexibility index (Phi) is 5.89. The van der Waals surface area contributed by atoms with Gasteiger partial charge in [0, 0.05) is 11.1 Å². The van der Waals surface area contributed by atoms with Gasteiger partial charge in [-0.15, -0.1) is 5.10 Å². The lowest BCUT2D eigenvalue weighted by atomic mass is 10.2. The zero-order valence-electron chi connectivity index (χ0n) is 15.1. The number of H-pyrrole nitrogens is 1. The first-order chi connectivity index (χ1) is 14.2. The second-order valence-corrected chi connectivity index (χ2v) is 6.26. The minimum absolute atomic E-state index is 0.0464. The topological polar surface area (TPSA) is 114 Å². The van der Waals surface area contributed by atoms with Crippen molar-refractivity contribution >= 4 is 11.6 Å². The molecule has 0 radical (unpaired) electrons. The fraction of sp³-hybridized carbons (Fsp3) is 0.167. The summed E-state index contributed by atoms with van der Waals surface area (Å²) in [5.41, 5.74) is -2.38.